The van der Waals surface area contributed by atoms with E-state index >= 15 is 0 Å². The first-order chi connectivity index (χ1) is 7.09. The van der Waals surface area contributed by atoms with E-state index < -0.39 is 10.0 Å². The molecule has 0 aromatic carbocycles. The van der Waals surface area contributed by atoms with Crippen LogP contribution in [0.25, 0.3) is 0 Å². The lowest BCUT2D eigenvalue weighted by Crippen LogP contribution is -2.32. The number of hydrogen-bond donors (Lipinski definition) is 2. The third-order valence-corrected chi connectivity index (χ3v) is 4.40. The van der Waals surface area contributed by atoms with Crippen LogP contribution in [-0.4, -0.2) is 25.2 Å². The van der Waals surface area contributed by atoms with Crippen LogP contribution in [0.15, 0.2) is 11.1 Å². The number of aryl methyl sites for hydroxylation is 1. The smallest absolute Gasteiger partial charge is 0.243 e. The quantitative estimate of drug-likeness (QED) is 0.801. The standard InChI is InChI=1S/C9H15N3O2S/c1-7-9(6-10-12-7)15(13,14)11-5-8-3-2-4-8/h6,8,11H,2-5H2,1H3,(H,10,12). The highest BCUT2D eigenvalue weighted by molar-refractivity contribution is 7.89. The number of nitrogens with one attached hydrogen (secondary N) is 2. The zero-order valence-corrected chi connectivity index (χ0v) is 9.47. The van der Waals surface area contributed by atoms with Crippen LogP contribution in [0, 0.1) is 12.8 Å². The predicted molar refractivity (Wildman–Crippen MR) is 55.9 cm³/mol. The van der Waals surface area contributed by atoms with Crippen LogP contribution in [-0.2, 0) is 10.0 Å². The van der Waals surface area contributed by atoms with Crippen molar-refractivity contribution in [3.05, 3.63) is 11.9 Å². The SMILES string of the molecule is Cc1[nH]ncc1S(=O)(=O)NCC1CCC1. The fraction of sp³-hybridized carbons (Fsp3) is 0.667. The highest BCUT2D eigenvalue weighted by Crippen LogP contribution is 2.25. The summed E-state index contributed by atoms with van der Waals surface area (Å²) in [6, 6.07) is 0. The van der Waals surface area contributed by atoms with Gasteiger partial charge < -0.3 is 0 Å². The van der Waals surface area contributed by atoms with Gasteiger partial charge in [-0.1, -0.05) is 6.42 Å². The van der Waals surface area contributed by atoms with Gasteiger partial charge in [0.1, 0.15) is 4.90 Å². The lowest BCUT2D eigenvalue weighted by Gasteiger charge is -2.25. The average Bonchev–Trinajstić information content (AvgIpc) is 2.48. The number of nitrogens with zero attached hydrogens (tertiary/aromatic N) is 1. The van der Waals surface area contributed by atoms with Gasteiger partial charge in [0.15, 0.2) is 0 Å². The van der Waals surface area contributed by atoms with Crippen LogP contribution >= 0.6 is 0 Å². The van der Waals surface area contributed by atoms with Gasteiger partial charge in [0.2, 0.25) is 10.0 Å². The average molecular weight is 229 g/mol. The number of aromatic nitrogens is 2. The fourth-order valence-corrected chi connectivity index (χ4v) is 2.86. The molecule has 0 atom stereocenters. The number of aromatic amines is 1. The highest BCUT2D eigenvalue weighted by atomic mass is 32.2. The van der Waals surface area contributed by atoms with Gasteiger partial charge in [-0.15, -0.1) is 0 Å². The van der Waals surface area contributed by atoms with Crippen molar-refractivity contribution >= 4 is 10.0 Å². The molecule has 0 aliphatic heterocycles. The zero-order chi connectivity index (χ0) is 10.9. The second-order valence-electron chi connectivity index (χ2n) is 4.01. The Bertz CT molecular complexity index is 434. The Hall–Kier alpha value is -0.880. The third kappa shape index (κ3) is 2.21. The molecule has 1 aromatic heterocycles. The number of hydrogen-bond acceptors (Lipinski definition) is 3. The largest absolute Gasteiger partial charge is 0.281 e. The van der Waals surface area contributed by atoms with Crippen LogP contribution in [0.2, 0.25) is 0 Å². The number of H-pyrrole nitrogens is 1. The molecule has 1 saturated carbocycles. The van der Waals surface area contributed by atoms with E-state index in [-0.39, 0.29) is 4.90 Å². The van der Waals surface area contributed by atoms with Gasteiger partial charge in [-0.05, 0) is 25.7 Å². The van der Waals surface area contributed by atoms with Crippen molar-refractivity contribution in [1.82, 2.24) is 14.9 Å². The second-order valence-corrected chi connectivity index (χ2v) is 5.74. The first-order valence-corrected chi connectivity index (χ1v) is 6.57. The molecule has 1 aromatic rings. The summed E-state index contributed by atoms with van der Waals surface area (Å²) in [4.78, 5) is 0.252. The van der Waals surface area contributed by atoms with Gasteiger partial charge in [0, 0.05) is 6.54 Å². The maximum absolute atomic E-state index is 11.8. The Morgan fingerprint density at radius 1 is 1.60 bits per heavy atom. The maximum Gasteiger partial charge on any atom is 0.243 e. The Kier molecular flexibility index (Phi) is 2.79. The Labute approximate surface area is 89.3 Å². The van der Waals surface area contributed by atoms with Gasteiger partial charge in [-0.25, -0.2) is 13.1 Å². The van der Waals surface area contributed by atoms with Crippen LogP contribution in [0.3, 0.4) is 0 Å². The number of rotatable bonds is 4. The summed E-state index contributed by atoms with van der Waals surface area (Å²) in [5, 5.41) is 6.33. The number of sulfonamides is 1. The summed E-state index contributed by atoms with van der Waals surface area (Å²) in [5.41, 5.74) is 0.580. The topological polar surface area (TPSA) is 74.8 Å². The van der Waals surface area contributed by atoms with E-state index in [1.165, 1.54) is 12.6 Å². The summed E-state index contributed by atoms with van der Waals surface area (Å²) in [5.74, 6) is 0.520. The molecule has 0 bridgehead atoms. The molecule has 0 unspecified atom stereocenters. The van der Waals surface area contributed by atoms with Crippen LogP contribution < -0.4 is 4.72 Å². The van der Waals surface area contributed by atoms with Crippen molar-refractivity contribution in [2.75, 3.05) is 6.54 Å². The Balaban J connectivity index is 2.03. The summed E-state index contributed by atoms with van der Waals surface area (Å²) < 4.78 is 26.2. The zero-order valence-electron chi connectivity index (χ0n) is 8.66. The van der Waals surface area contributed by atoms with Gasteiger partial charge in [-0.3, -0.25) is 5.10 Å². The van der Waals surface area contributed by atoms with Gasteiger partial charge >= 0.3 is 0 Å². The van der Waals surface area contributed by atoms with Crippen molar-refractivity contribution in [2.24, 2.45) is 5.92 Å². The molecule has 2 N–H and O–H groups in total. The molecule has 5 nitrogen and oxygen atoms in total. The monoisotopic (exact) mass is 229 g/mol. The second kappa shape index (κ2) is 3.94. The van der Waals surface area contributed by atoms with E-state index in [2.05, 4.69) is 14.9 Å². The Morgan fingerprint density at radius 3 is 2.80 bits per heavy atom. The van der Waals surface area contributed by atoms with Gasteiger partial charge in [0.25, 0.3) is 0 Å². The summed E-state index contributed by atoms with van der Waals surface area (Å²) in [6.45, 7) is 2.25. The van der Waals surface area contributed by atoms with Gasteiger partial charge in [0.05, 0.1) is 11.9 Å². The molecule has 6 heteroatoms. The summed E-state index contributed by atoms with van der Waals surface area (Å²) >= 11 is 0. The first kappa shape index (κ1) is 10.6. The van der Waals surface area contributed by atoms with E-state index in [1.807, 2.05) is 0 Å². The van der Waals surface area contributed by atoms with E-state index in [0.717, 1.165) is 12.8 Å². The Morgan fingerprint density at radius 2 is 2.33 bits per heavy atom. The predicted octanol–water partition coefficient (Wildman–Crippen LogP) is 0.797. The van der Waals surface area contributed by atoms with E-state index in [0.29, 0.717) is 18.2 Å². The van der Waals surface area contributed by atoms with Crippen molar-refractivity contribution in [1.29, 1.82) is 0 Å². The van der Waals surface area contributed by atoms with E-state index in [4.69, 9.17) is 0 Å². The molecular weight excluding hydrogens is 214 g/mol. The van der Waals surface area contributed by atoms with Crippen LogP contribution in [0.1, 0.15) is 25.0 Å². The minimum Gasteiger partial charge on any atom is -0.281 e. The molecule has 1 aliphatic carbocycles. The van der Waals surface area contributed by atoms with Crippen LogP contribution in [0.5, 0.6) is 0 Å². The molecule has 2 rings (SSSR count). The van der Waals surface area contributed by atoms with Crippen LogP contribution in [0.4, 0.5) is 0 Å². The molecule has 0 amide bonds. The molecule has 0 saturated heterocycles. The van der Waals surface area contributed by atoms with Crippen molar-refractivity contribution in [2.45, 2.75) is 31.1 Å². The fourth-order valence-electron chi connectivity index (χ4n) is 1.61. The lowest BCUT2D eigenvalue weighted by atomic mass is 9.86. The maximum atomic E-state index is 11.8. The molecule has 84 valence electrons. The van der Waals surface area contributed by atoms with E-state index in [9.17, 15) is 8.42 Å². The molecule has 1 heterocycles. The lowest BCUT2D eigenvalue weighted by molar-refractivity contribution is 0.316. The molecule has 1 aliphatic rings. The molecule has 0 spiro atoms. The normalized spacial score (nSPS) is 17.7. The van der Waals surface area contributed by atoms with E-state index in [1.54, 1.807) is 6.92 Å². The minimum absolute atomic E-state index is 0.252. The van der Waals surface area contributed by atoms with Crippen molar-refractivity contribution in [3.63, 3.8) is 0 Å². The molecule has 15 heavy (non-hydrogen) atoms. The molecule has 0 radical (unpaired) electrons. The van der Waals surface area contributed by atoms with Gasteiger partial charge in [-0.2, -0.15) is 5.10 Å². The van der Waals surface area contributed by atoms with Crippen molar-refractivity contribution in [3.8, 4) is 0 Å². The molecule has 1 fully saturated rings. The molecular formula is C9H15N3O2S. The first-order valence-electron chi connectivity index (χ1n) is 5.09. The van der Waals surface area contributed by atoms with Crippen molar-refractivity contribution < 1.29 is 8.42 Å². The summed E-state index contributed by atoms with van der Waals surface area (Å²) in [7, 11) is -3.36. The minimum atomic E-state index is -3.36. The summed E-state index contributed by atoms with van der Waals surface area (Å²) in [6.07, 6.45) is 4.83. The highest BCUT2D eigenvalue weighted by Gasteiger charge is 2.22. The third-order valence-electron chi connectivity index (χ3n) is 2.86.